The van der Waals surface area contributed by atoms with E-state index in [1.807, 2.05) is 111 Å². The van der Waals surface area contributed by atoms with Gasteiger partial charge in [0.05, 0.1) is 18.1 Å². The summed E-state index contributed by atoms with van der Waals surface area (Å²) >= 11 is 0. The molecule has 3 aliphatic rings. The van der Waals surface area contributed by atoms with Gasteiger partial charge in [-0.1, -0.05) is 119 Å². The van der Waals surface area contributed by atoms with Crippen LogP contribution in [0.4, 0.5) is 14.4 Å². The third-order valence-electron chi connectivity index (χ3n) is 10.3. The van der Waals surface area contributed by atoms with Crippen LogP contribution in [0.15, 0.2) is 91.0 Å². The van der Waals surface area contributed by atoms with Crippen molar-refractivity contribution in [2.75, 3.05) is 13.2 Å². The van der Waals surface area contributed by atoms with Gasteiger partial charge in [-0.15, -0.1) is 0 Å². The van der Waals surface area contributed by atoms with Gasteiger partial charge < -0.3 is 14.2 Å². The lowest BCUT2D eigenvalue weighted by molar-refractivity contribution is 0.0478. The molecule has 0 bridgehead atoms. The Morgan fingerprint density at radius 3 is 1.38 bits per heavy atom. The van der Waals surface area contributed by atoms with Gasteiger partial charge in [0.1, 0.15) is 13.2 Å². The van der Waals surface area contributed by atoms with Gasteiger partial charge in [-0.3, -0.25) is 14.7 Å². The molecule has 9 heteroatoms. The molecule has 0 radical (unpaired) electrons. The second-order valence-corrected chi connectivity index (χ2v) is 18.5. The van der Waals surface area contributed by atoms with Crippen molar-refractivity contribution in [3.05, 3.63) is 108 Å². The van der Waals surface area contributed by atoms with Gasteiger partial charge in [-0.2, -0.15) is 0 Å². The maximum atomic E-state index is 13.0. The van der Waals surface area contributed by atoms with Gasteiger partial charge >= 0.3 is 18.3 Å². The maximum absolute atomic E-state index is 13.0. The highest BCUT2D eigenvalue weighted by Crippen LogP contribution is 2.49. The quantitative estimate of drug-likeness (QED) is 0.233. The number of carbonyl (C=O) groups excluding carboxylic acids is 3. The molecule has 3 aromatic rings. The number of nitrogens with zero attached hydrogens (tertiary/aromatic N) is 3. The molecule has 3 heterocycles. The highest BCUT2D eigenvalue weighted by atomic mass is 16.6. The van der Waals surface area contributed by atoms with Crippen LogP contribution in [0.2, 0.25) is 0 Å². The van der Waals surface area contributed by atoms with Gasteiger partial charge in [0.25, 0.3) is 0 Å². The van der Waals surface area contributed by atoms with Crippen LogP contribution < -0.4 is 0 Å². The van der Waals surface area contributed by atoms with Crippen molar-refractivity contribution in [2.45, 2.75) is 137 Å². The van der Waals surface area contributed by atoms with Crippen LogP contribution in [0, 0.1) is 11.8 Å². The zero-order chi connectivity index (χ0) is 40.9. The summed E-state index contributed by atoms with van der Waals surface area (Å²) < 4.78 is 16.4. The van der Waals surface area contributed by atoms with Crippen LogP contribution in [0.3, 0.4) is 0 Å². The second kappa shape index (κ2) is 17.1. The molecule has 0 spiro atoms. The summed E-state index contributed by atoms with van der Waals surface area (Å²) in [6.07, 6.45) is 0.229. The first kappa shape index (κ1) is 43.2. The van der Waals surface area contributed by atoms with Gasteiger partial charge in [0.2, 0.25) is 0 Å². The van der Waals surface area contributed by atoms with E-state index in [0.29, 0.717) is 19.1 Å². The van der Waals surface area contributed by atoms with Crippen molar-refractivity contribution in [1.82, 2.24) is 14.7 Å². The first-order valence-corrected chi connectivity index (χ1v) is 19.7. The smallest absolute Gasteiger partial charge is 0.411 e. The molecule has 3 saturated heterocycles. The van der Waals surface area contributed by atoms with E-state index in [0.717, 1.165) is 17.5 Å². The number of benzene rings is 3. The Kier molecular flexibility index (Phi) is 13.4. The lowest BCUT2D eigenvalue weighted by atomic mass is 9.75. The molecule has 6 rings (SSSR count). The molecular weight excluding hydrogens is 691 g/mol. The Labute approximate surface area is 330 Å². The highest BCUT2D eigenvalue weighted by molar-refractivity contribution is 5.75. The third-order valence-corrected chi connectivity index (χ3v) is 10.3. The fourth-order valence-corrected chi connectivity index (χ4v) is 8.02. The first-order chi connectivity index (χ1) is 25.6. The van der Waals surface area contributed by atoms with Gasteiger partial charge in [0.15, 0.2) is 5.60 Å². The van der Waals surface area contributed by atoms with Crippen LogP contribution in [-0.2, 0) is 26.2 Å². The summed E-state index contributed by atoms with van der Waals surface area (Å²) in [4.78, 5) is 41.8. The minimum Gasteiger partial charge on any atom is -0.447 e. The molecule has 9 nitrogen and oxygen atoms in total. The number of ether oxygens (including phenoxy) is 3. The van der Waals surface area contributed by atoms with E-state index in [2.05, 4.69) is 84.9 Å². The van der Waals surface area contributed by atoms with E-state index in [1.54, 1.807) is 0 Å². The standard InChI is InChI=1S/C22H27NO2.C14H19NO2.C10H19NO2/c1-16(2)19-22(17-12-8-6-9-13-17,18-14-10-7-11-15-18)25-20(24)23(19)21(3,4)5;1-14(2,3)15-12(10-17-13(15)16)9-11-7-5-4-6-8-11;1-7(2)8-6-13-9(12)11(8)10(3,4)5/h6-16,19H,1-5H3;4-8,12H,9-10H2,1-3H3;7-8H,6H2,1-5H3/t19-;12-;/m00./s1. The Morgan fingerprint density at radius 1 is 0.564 bits per heavy atom. The Balaban J connectivity index is 0.000000195. The molecular formula is C46H65N3O6. The predicted molar refractivity (Wildman–Crippen MR) is 219 cm³/mol. The Hall–Kier alpha value is -4.53. The van der Waals surface area contributed by atoms with E-state index in [4.69, 9.17) is 14.2 Å². The van der Waals surface area contributed by atoms with Crippen molar-refractivity contribution in [2.24, 2.45) is 11.8 Å². The fraction of sp³-hybridized carbons (Fsp3) is 0.543. The monoisotopic (exact) mass is 755 g/mol. The van der Waals surface area contributed by atoms with Crippen LogP contribution in [0.25, 0.3) is 0 Å². The van der Waals surface area contributed by atoms with Crippen molar-refractivity contribution < 1.29 is 28.6 Å². The van der Waals surface area contributed by atoms with Crippen molar-refractivity contribution in [3.8, 4) is 0 Å². The third kappa shape index (κ3) is 9.83. The summed E-state index contributed by atoms with van der Waals surface area (Å²) in [5.41, 5.74) is 1.82. The number of hydrogen-bond acceptors (Lipinski definition) is 6. The van der Waals surface area contributed by atoms with E-state index in [-0.39, 0.29) is 58.9 Å². The SMILES string of the molecule is CC(C)(C)N1C(=O)OC[C@@H]1Cc1ccccc1.CC(C)C1COC(=O)N1C(C)(C)C.CC(C)[C@@H]1N(C(C)(C)C)C(=O)OC1(c1ccccc1)c1ccccc1. The molecule has 3 fully saturated rings. The lowest BCUT2D eigenvalue weighted by Crippen LogP contribution is -2.54. The summed E-state index contributed by atoms with van der Waals surface area (Å²) in [6.45, 7) is 28.0. The molecule has 55 heavy (non-hydrogen) atoms. The van der Waals surface area contributed by atoms with Gasteiger partial charge in [-0.25, -0.2) is 14.4 Å². The van der Waals surface area contributed by atoms with E-state index in [9.17, 15) is 14.4 Å². The number of carbonyl (C=O) groups is 3. The van der Waals surface area contributed by atoms with Crippen LogP contribution in [0.1, 0.15) is 107 Å². The zero-order valence-corrected chi connectivity index (χ0v) is 35.5. The summed E-state index contributed by atoms with van der Waals surface area (Å²) in [7, 11) is 0. The van der Waals surface area contributed by atoms with Crippen LogP contribution >= 0.6 is 0 Å². The predicted octanol–water partition coefficient (Wildman–Crippen LogP) is 10.3. The Bertz CT molecular complexity index is 1670. The molecule has 0 N–H and O–H groups in total. The topological polar surface area (TPSA) is 88.6 Å². The minimum absolute atomic E-state index is 0.0928. The maximum Gasteiger partial charge on any atom is 0.411 e. The van der Waals surface area contributed by atoms with Crippen molar-refractivity contribution >= 4 is 18.3 Å². The summed E-state index contributed by atoms with van der Waals surface area (Å²) in [6, 6.07) is 30.7. The molecule has 3 atom stereocenters. The molecule has 0 aromatic heterocycles. The average Bonchev–Trinajstić information content (AvgIpc) is 3.79. The van der Waals surface area contributed by atoms with E-state index < -0.39 is 5.60 Å². The fourth-order valence-electron chi connectivity index (χ4n) is 8.02. The lowest BCUT2D eigenvalue weighted by Gasteiger charge is -2.42. The van der Waals surface area contributed by atoms with E-state index >= 15 is 0 Å². The zero-order valence-electron chi connectivity index (χ0n) is 35.5. The van der Waals surface area contributed by atoms with Crippen molar-refractivity contribution in [1.29, 1.82) is 0 Å². The van der Waals surface area contributed by atoms with Crippen LogP contribution in [0.5, 0.6) is 0 Å². The molecule has 0 aliphatic carbocycles. The molecule has 3 aromatic carbocycles. The molecule has 3 amide bonds. The molecule has 0 saturated carbocycles. The molecule has 3 aliphatic heterocycles. The summed E-state index contributed by atoms with van der Waals surface area (Å²) in [5.74, 6) is 0.678. The molecule has 300 valence electrons. The normalized spacial score (nSPS) is 21.1. The first-order valence-electron chi connectivity index (χ1n) is 19.7. The van der Waals surface area contributed by atoms with Crippen LogP contribution in [-0.4, -0.2) is 80.9 Å². The highest BCUT2D eigenvalue weighted by Gasteiger charge is 2.59. The number of rotatable bonds is 6. The van der Waals surface area contributed by atoms with E-state index in [1.165, 1.54) is 5.56 Å². The average molecular weight is 756 g/mol. The minimum atomic E-state index is -0.805. The number of hydrogen-bond donors (Lipinski definition) is 0. The number of cyclic esters (lactones) is 3. The van der Waals surface area contributed by atoms with Crippen molar-refractivity contribution in [3.63, 3.8) is 0 Å². The summed E-state index contributed by atoms with van der Waals surface area (Å²) in [5, 5.41) is 0. The number of amides is 3. The second-order valence-electron chi connectivity index (χ2n) is 18.5. The Morgan fingerprint density at radius 2 is 0.982 bits per heavy atom. The van der Waals surface area contributed by atoms with Gasteiger partial charge in [-0.05, 0) is 86.1 Å². The molecule has 1 unspecified atom stereocenters. The largest absolute Gasteiger partial charge is 0.447 e. The van der Waals surface area contributed by atoms with Gasteiger partial charge in [0, 0.05) is 27.7 Å².